The van der Waals surface area contributed by atoms with Crippen LogP contribution in [0, 0.1) is 5.92 Å². The molecule has 1 saturated heterocycles. The molecule has 1 atom stereocenters. The van der Waals surface area contributed by atoms with E-state index in [9.17, 15) is 4.79 Å². The van der Waals surface area contributed by atoms with E-state index in [0.717, 1.165) is 12.8 Å². The van der Waals surface area contributed by atoms with Crippen LogP contribution in [-0.4, -0.2) is 36.4 Å². The topological polar surface area (TPSA) is 58.6 Å². The van der Waals surface area contributed by atoms with Gasteiger partial charge in [-0.05, 0) is 18.8 Å². The lowest BCUT2D eigenvalue weighted by Gasteiger charge is -2.29. The van der Waals surface area contributed by atoms with Crippen LogP contribution in [0.25, 0.3) is 0 Å². The molecule has 0 aromatic carbocycles. The van der Waals surface area contributed by atoms with Crippen LogP contribution in [0.3, 0.4) is 0 Å². The third-order valence-corrected chi connectivity index (χ3v) is 2.52. The molecule has 1 aliphatic heterocycles. The Labute approximate surface area is 84.6 Å². The Morgan fingerprint density at radius 1 is 1.43 bits per heavy atom. The highest BCUT2D eigenvalue weighted by atomic mass is 16.5. The lowest BCUT2D eigenvalue weighted by Crippen LogP contribution is -2.47. The molecule has 1 rings (SSSR count). The number of rotatable bonds is 4. The summed E-state index contributed by atoms with van der Waals surface area (Å²) in [5.41, 5.74) is 0. The Morgan fingerprint density at radius 3 is 2.43 bits per heavy atom. The van der Waals surface area contributed by atoms with Crippen molar-refractivity contribution in [2.75, 3.05) is 13.2 Å². The molecule has 4 nitrogen and oxygen atoms in total. The van der Waals surface area contributed by atoms with E-state index in [1.807, 2.05) is 13.8 Å². The minimum absolute atomic E-state index is 0.207. The number of hydrogen-bond acceptors (Lipinski definition) is 3. The van der Waals surface area contributed by atoms with Crippen LogP contribution >= 0.6 is 0 Å². The first-order valence-electron chi connectivity index (χ1n) is 5.18. The van der Waals surface area contributed by atoms with Gasteiger partial charge in [0.25, 0.3) is 0 Å². The summed E-state index contributed by atoms with van der Waals surface area (Å²) in [6, 6.07) is -0.210. The van der Waals surface area contributed by atoms with Gasteiger partial charge >= 0.3 is 5.97 Å². The number of nitrogens with one attached hydrogen (secondary N) is 1. The van der Waals surface area contributed by atoms with E-state index in [1.54, 1.807) is 0 Å². The Kier molecular flexibility index (Phi) is 4.35. The molecule has 4 heteroatoms. The summed E-state index contributed by atoms with van der Waals surface area (Å²) in [5, 5.41) is 12.2. The summed E-state index contributed by atoms with van der Waals surface area (Å²) in [5.74, 6) is -0.533. The van der Waals surface area contributed by atoms with Crippen molar-refractivity contribution < 1.29 is 14.6 Å². The summed E-state index contributed by atoms with van der Waals surface area (Å²) >= 11 is 0. The molecule has 0 aliphatic carbocycles. The minimum atomic E-state index is -0.745. The zero-order valence-corrected chi connectivity index (χ0v) is 8.82. The zero-order valence-electron chi connectivity index (χ0n) is 8.82. The number of carbonyl (C=O) groups is 1. The molecule has 1 heterocycles. The second-order valence-corrected chi connectivity index (χ2v) is 4.09. The molecule has 14 heavy (non-hydrogen) atoms. The van der Waals surface area contributed by atoms with Crippen molar-refractivity contribution >= 4 is 5.97 Å². The fraction of sp³-hybridized carbons (Fsp3) is 0.900. The zero-order chi connectivity index (χ0) is 10.6. The summed E-state index contributed by atoms with van der Waals surface area (Å²) in [7, 11) is 0. The predicted octanol–water partition coefficient (Wildman–Crippen LogP) is 0.864. The van der Waals surface area contributed by atoms with Gasteiger partial charge in [0.05, 0.1) is 0 Å². The first-order chi connectivity index (χ1) is 6.61. The second-order valence-electron chi connectivity index (χ2n) is 4.09. The van der Waals surface area contributed by atoms with E-state index < -0.39 is 12.0 Å². The SMILES string of the molecule is CC(C)NC(C(=O)O)C1CCOCC1. The third-order valence-electron chi connectivity index (χ3n) is 2.52. The van der Waals surface area contributed by atoms with Gasteiger partial charge in [0.1, 0.15) is 6.04 Å². The largest absolute Gasteiger partial charge is 0.480 e. The molecule has 0 amide bonds. The number of aliphatic carboxylic acids is 1. The van der Waals surface area contributed by atoms with E-state index in [1.165, 1.54) is 0 Å². The molecular weight excluding hydrogens is 182 g/mol. The average molecular weight is 201 g/mol. The molecular formula is C10H19NO3. The quantitative estimate of drug-likeness (QED) is 0.708. The molecule has 0 spiro atoms. The minimum Gasteiger partial charge on any atom is -0.480 e. The van der Waals surface area contributed by atoms with Gasteiger partial charge in [0.2, 0.25) is 0 Å². The van der Waals surface area contributed by atoms with Crippen LogP contribution in [0.4, 0.5) is 0 Å². The fourth-order valence-electron chi connectivity index (χ4n) is 1.82. The van der Waals surface area contributed by atoms with E-state index >= 15 is 0 Å². The fourth-order valence-corrected chi connectivity index (χ4v) is 1.82. The van der Waals surface area contributed by atoms with Crippen LogP contribution in [0.5, 0.6) is 0 Å². The van der Waals surface area contributed by atoms with Crippen LogP contribution in [-0.2, 0) is 9.53 Å². The van der Waals surface area contributed by atoms with Gasteiger partial charge in [0, 0.05) is 19.3 Å². The Balaban J connectivity index is 2.51. The van der Waals surface area contributed by atoms with Crippen molar-refractivity contribution in [2.24, 2.45) is 5.92 Å². The first kappa shape index (κ1) is 11.5. The Morgan fingerprint density at radius 2 is 2.00 bits per heavy atom. The lowest BCUT2D eigenvalue weighted by atomic mass is 9.91. The van der Waals surface area contributed by atoms with E-state index in [-0.39, 0.29) is 12.0 Å². The van der Waals surface area contributed by atoms with Crippen molar-refractivity contribution in [2.45, 2.75) is 38.8 Å². The van der Waals surface area contributed by atoms with Gasteiger partial charge < -0.3 is 15.2 Å². The first-order valence-corrected chi connectivity index (χ1v) is 5.18. The standard InChI is InChI=1S/C10H19NO3/c1-7(2)11-9(10(12)13)8-3-5-14-6-4-8/h7-9,11H,3-6H2,1-2H3,(H,12,13). The van der Waals surface area contributed by atoms with Crippen molar-refractivity contribution in [3.8, 4) is 0 Å². The summed E-state index contributed by atoms with van der Waals surface area (Å²) in [6.45, 7) is 5.31. The molecule has 1 fully saturated rings. The van der Waals surface area contributed by atoms with Gasteiger partial charge in [-0.2, -0.15) is 0 Å². The Hall–Kier alpha value is -0.610. The highest BCUT2D eigenvalue weighted by molar-refractivity contribution is 5.73. The van der Waals surface area contributed by atoms with Crippen LogP contribution in [0.15, 0.2) is 0 Å². The second kappa shape index (κ2) is 5.32. The number of carboxylic acids is 1. The summed E-state index contributed by atoms with van der Waals surface area (Å²) in [6.07, 6.45) is 1.69. The predicted molar refractivity (Wildman–Crippen MR) is 53.2 cm³/mol. The number of carboxylic acid groups (broad SMARTS) is 1. The van der Waals surface area contributed by atoms with Crippen LogP contribution in [0.1, 0.15) is 26.7 Å². The summed E-state index contributed by atoms with van der Waals surface area (Å²) < 4.78 is 5.21. The van der Waals surface area contributed by atoms with Crippen LogP contribution in [0.2, 0.25) is 0 Å². The van der Waals surface area contributed by atoms with Gasteiger partial charge in [-0.3, -0.25) is 4.79 Å². The molecule has 0 aromatic rings. The maximum atomic E-state index is 11.0. The maximum absolute atomic E-state index is 11.0. The van der Waals surface area contributed by atoms with Gasteiger partial charge in [-0.25, -0.2) is 0 Å². The van der Waals surface area contributed by atoms with E-state index in [2.05, 4.69) is 5.32 Å². The van der Waals surface area contributed by atoms with Crippen molar-refractivity contribution in [1.29, 1.82) is 0 Å². The normalized spacial score (nSPS) is 21.1. The highest BCUT2D eigenvalue weighted by Gasteiger charge is 2.29. The molecule has 0 saturated carbocycles. The molecule has 1 aliphatic rings. The molecule has 2 N–H and O–H groups in total. The molecule has 82 valence electrons. The average Bonchev–Trinajstić information content (AvgIpc) is 2.15. The highest BCUT2D eigenvalue weighted by Crippen LogP contribution is 2.19. The molecule has 1 unspecified atom stereocenters. The van der Waals surface area contributed by atoms with Gasteiger partial charge in [0.15, 0.2) is 0 Å². The smallest absolute Gasteiger partial charge is 0.320 e. The third kappa shape index (κ3) is 3.27. The van der Waals surface area contributed by atoms with E-state index in [0.29, 0.717) is 13.2 Å². The van der Waals surface area contributed by atoms with Crippen LogP contribution < -0.4 is 5.32 Å². The Bertz CT molecular complexity index is 188. The van der Waals surface area contributed by atoms with Crippen molar-refractivity contribution in [3.63, 3.8) is 0 Å². The monoisotopic (exact) mass is 201 g/mol. The van der Waals surface area contributed by atoms with Gasteiger partial charge in [-0.1, -0.05) is 13.8 Å². The molecule has 0 aromatic heterocycles. The summed E-state index contributed by atoms with van der Waals surface area (Å²) in [4.78, 5) is 11.0. The lowest BCUT2D eigenvalue weighted by molar-refractivity contribution is -0.142. The maximum Gasteiger partial charge on any atom is 0.320 e. The van der Waals surface area contributed by atoms with Crippen molar-refractivity contribution in [1.82, 2.24) is 5.32 Å². The number of ether oxygens (including phenoxy) is 1. The molecule has 0 bridgehead atoms. The molecule has 0 radical (unpaired) electrons. The van der Waals surface area contributed by atoms with E-state index in [4.69, 9.17) is 9.84 Å². The van der Waals surface area contributed by atoms with Crippen molar-refractivity contribution in [3.05, 3.63) is 0 Å². The van der Waals surface area contributed by atoms with Gasteiger partial charge in [-0.15, -0.1) is 0 Å². The number of hydrogen-bond donors (Lipinski definition) is 2.